The van der Waals surface area contributed by atoms with Crippen LogP contribution < -0.4 is 5.32 Å². The van der Waals surface area contributed by atoms with E-state index < -0.39 is 0 Å². The summed E-state index contributed by atoms with van der Waals surface area (Å²) in [5, 5.41) is 11.6. The first-order valence-corrected chi connectivity index (χ1v) is 3.05. The molecule has 2 heteroatoms. The lowest BCUT2D eigenvalue weighted by Crippen LogP contribution is -2.23. The van der Waals surface area contributed by atoms with Crippen molar-refractivity contribution in [1.29, 1.82) is 5.26 Å². The number of piperidine rings is 1. The molecule has 8 heavy (non-hydrogen) atoms. The van der Waals surface area contributed by atoms with Crippen LogP contribution in [0.3, 0.4) is 0 Å². The van der Waals surface area contributed by atoms with Gasteiger partial charge in [0.15, 0.2) is 0 Å². The molecule has 1 heterocycles. The second-order valence-corrected chi connectivity index (χ2v) is 2.67. The molecule has 1 saturated carbocycles. The van der Waals surface area contributed by atoms with Crippen LogP contribution in [0.5, 0.6) is 0 Å². The Morgan fingerprint density at radius 3 is 2.75 bits per heavy atom. The van der Waals surface area contributed by atoms with Crippen LogP contribution in [-0.2, 0) is 0 Å². The molecular weight excluding hydrogens is 100 g/mol. The van der Waals surface area contributed by atoms with Gasteiger partial charge < -0.3 is 5.32 Å². The van der Waals surface area contributed by atoms with E-state index in [-0.39, 0.29) is 6.04 Å². The zero-order valence-corrected chi connectivity index (χ0v) is 4.59. The average molecular weight is 108 g/mol. The van der Waals surface area contributed by atoms with Gasteiger partial charge in [0.05, 0.1) is 12.1 Å². The van der Waals surface area contributed by atoms with Crippen molar-refractivity contribution in [3.63, 3.8) is 0 Å². The summed E-state index contributed by atoms with van der Waals surface area (Å²) in [5.74, 6) is 1.58. The Kier molecular flexibility index (Phi) is 0.671. The fraction of sp³-hybridized carbons (Fsp3) is 0.833. The van der Waals surface area contributed by atoms with Gasteiger partial charge in [0, 0.05) is 0 Å². The normalized spacial score (nSPS) is 50.1. The number of rotatable bonds is 0. The maximum Gasteiger partial charge on any atom is 0.0984 e. The molecule has 0 aromatic carbocycles. The monoisotopic (exact) mass is 108 g/mol. The first-order valence-electron chi connectivity index (χ1n) is 3.05. The third-order valence-corrected chi connectivity index (χ3v) is 2.14. The number of nitriles is 1. The second kappa shape index (κ2) is 1.24. The molecule has 2 rings (SSSR count). The molecule has 0 aromatic rings. The lowest BCUT2D eigenvalue weighted by molar-refractivity contribution is 0.640. The Balaban J connectivity index is 2.09. The van der Waals surface area contributed by atoms with Crippen LogP contribution in [0, 0.1) is 23.2 Å². The van der Waals surface area contributed by atoms with Crippen molar-refractivity contribution in [1.82, 2.24) is 5.32 Å². The standard InChI is InChI=1S/C6H8N2/c7-2-6-5-1-4(5)3-8-6/h4-6,8H,1,3H2/t4-,5+,6?/m0/s1. The van der Waals surface area contributed by atoms with E-state index in [9.17, 15) is 0 Å². The highest BCUT2D eigenvalue weighted by Gasteiger charge is 2.48. The summed E-state index contributed by atoms with van der Waals surface area (Å²) in [6.45, 7) is 1.09. The Labute approximate surface area is 48.5 Å². The third kappa shape index (κ3) is 0.399. The topological polar surface area (TPSA) is 35.8 Å². The Bertz CT molecular complexity index is 147. The molecule has 2 aliphatic rings. The van der Waals surface area contributed by atoms with Crippen molar-refractivity contribution in [3.05, 3.63) is 0 Å². The van der Waals surface area contributed by atoms with E-state index >= 15 is 0 Å². The van der Waals surface area contributed by atoms with Gasteiger partial charge in [-0.15, -0.1) is 0 Å². The lowest BCUT2D eigenvalue weighted by atomic mass is 10.2. The molecule has 2 nitrogen and oxygen atoms in total. The van der Waals surface area contributed by atoms with Crippen molar-refractivity contribution >= 4 is 0 Å². The van der Waals surface area contributed by atoms with Crippen molar-refractivity contribution in [2.24, 2.45) is 11.8 Å². The fourth-order valence-corrected chi connectivity index (χ4v) is 1.49. The molecule has 1 saturated heterocycles. The van der Waals surface area contributed by atoms with Gasteiger partial charge in [0.25, 0.3) is 0 Å². The van der Waals surface area contributed by atoms with E-state index in [2.05, 4.69) is 11.4 Å². The maximum atomic E-state index is 8.45. The highest BCUT2D eigenvalue weighted by Crippen LogP contribution is 2.44. The minimum Gasteiger partial charge on any atom is -0.301 e. The predicted molar refractivity (Wildman–Crippen MR) is 29.0 cm³/mol. The molecule has 0 spiro atoms. The molecule has 1 unspecified atom stereocenters. The molecule has 1 aliphatic heterocycles. The molecule has 0 amide bonds. The summed E-state index contributed by atoms with van der Waals surface area (Å²) in [6, 6.07) is 2.44. The number of hydrogen-bond acceptors (Lipinski definition) is 2. The quantitative estimate of drug-likeness (QED) is 0.478. The van der Waals surface area contributed by atoms with Gasteiger partial charge in [-0.25, -0.2) is 0 Å². The first kappa shape index (κ1) is 4.34. The van der Waals surface area contributed by atoms with Crippen LogP contribution in [0.15, 0.2) is 0 Å². The maximum absolute atomic E-state index is 8.45. The summed E-state index contributed by atoms with van der Waals surface area (Å²) >= 11 is 0. The third-order valence-electron chi connectivity index (χ3n) is 2.14. The van der Waals surface area contributed by atoms with Crippen molar-refractivity contribution < 1.29 is 0 Å². The zero-order valence-electron chi connectivity index (χ0n) is 4.59. The average Bonchev–Trinajstić information content (AvgIpc) is 2.46. The van der Waals surface area contributed by atoms with E-state index in [1.807, 2.05) is 0 Å². The largest absolute Gasteiger partial charge is 0.301 e. The zero-order chi connectivity index (χ0) is 5.56. The van der Waals surface area contributed by atoms with Crippen LogP contribution in [-0.4, -0.2) is 12.6 Å². The summed E-state index contributed by atoms with van der Waals surface area (Å²) < 4.78 is 0. The van der Waals surface area contributed by atoms with E-state index in [0.717, 1.165) is 18.4 Å². The second-order valence-electron chi connectivity index (χ2n) is 2.67. The first-order chi connectivity index (χ1) is 3.92. The van der Waals surface area contributed by atoms with Gasteiger partial charge in [-0.05, 0) is 24.8 Å². The minimum atomic E-state index is 0.194. The van der Waals surface area contributed by atoms with Crippen LogP contribution in [0.2, 0.25) is 0 Å². The number of fused-ring (bicyclic) bond motifs is 1. The van der Waals surface area contributed by atoms with Crippen molar-refractivity contribution in [3.8, 4) is 6.07 Å². The Morgan fingerprint density at radius 1 is 1.62 bits per heavy atom. The lowest BCUT2D eigenvalue weighted by Gasteiger charge is -1.98. The SMILES string of the molecule is N#CC1NC[C@@H]2C[C@@H]12. The molecule has 1 N–H and O–H groups in total. The van der Waals surface area contributed by atoms with E-state index in [1.165, 1.54) is 6.42 Å². The number of hydrogen-bond donors (Lipinski definition) is 1. The Morgan fingerprint density at radius 2 is 2.50 bits per heavy atom. The van der Waals surface area contributed by atoms with Crippen LogP contribution >= 0.6 is 0 Å². The molecule has 2 fully saturated rings. The molecule has 1 aliphatic carbocycles. The molecule has 42 valence electrons. The Hall–Kier alpha value is -0.550. The molecule has 3 atom stereocenters. The van der Waals surface area contributed by atoms with Crippen molar-refractivity contribution in [2.75, 3.05) is 6.54 Å². The van der Waals surface area contributed by atoms with Gasteiger partial charge in [0.2, 0.25) is 0 Å². The van der Waals surface area contributed by atoms with Crippen molar-refractivity contribution in [2.45, 2.75) is 12.5 Å². The van der Waals surface area contributed by atoms with Gasteiger partial charge >= 0.3 is 0 Å². The number of nitrogens with zero attached hydrogens (tertiary/aromatic N) is 1. The summed E-state index contributed by atoms with van der Waals surface area (Å²) in [7, 11) is 0. The molecule has 0 radical (unpaired) electrons. The highest BCUT2D eigenvalue weighted by atomic mass is 15.0. The molecule has 0 bridgehead atoms. The summed E-state index contributed by atoms with van der Waals surface area (Å²) in [6.07, 6.45) is 1.30. The smallest absolute Gasteiger partial charge is 0.0984 e. The van der Waals surface area contributed by atoms with E-state index in [4.69, 9.17) is 5.26 Å². The number of nitrogens with one attached hydrogen (secondary N) is 1. The van der Waals surface area contributed by atoms with E-state index in [0.29, 0.717) is 0 Å². The molecular formula is C6H8N2. The van der Waals surface area contributed by atoms with Crippen LogP contribution in [0.1, 0.15) is 6.42 Å². The van der Waals surface area contributed by atoms with E-state index in [1.54, 1.807) is 0 Å². The van der Waals surface area contributed by atoms with Gasteiger partial charge in [-0.3, -0.25) is 0 Å². The van der Waals surface area contributed by atoms with Gasteiger partial charge in [0.1, 0.15) is 0 Å². The van der Waals surface area contributed by atoms with Gasteiger partial charge in [-0.2, -0.15) is 5.26 Å². The van der Waals surface area contributed by atoms with Crippen LogP contribution in [0.4, 0.5) is 0 Å². The summed E-state index contributed by atoms with van der Waals surface area (Å²) in [5.41, 5.74) is 0. The minimum absolute atomic E-state index is 0.194. The fourth-order valence-electron chi connectivity index (χ4n) is 1.49. The highest BCUT2D eigenvalue weighted by molar-refractivity contribution is 5.11. The van der Waals surface area contributed by atoms with Crippen LogP contribution in [0.25, 0.3) is 0 Å². The van der Waals surface area contributed by atoms with Gasteiger partial charge in [-0.1, -0.05) is 0 Å². The predicted octanol–water partition coefficient (Wildman–Crippen LogP) is 0.118. The summed E-state index contributed by atoms with van der Waals surface area (Å²) in [4.78, 5) is 0. The molecule has 0 aromatic heterocycles.